The fourth-order valence-corrected chi connectivity index (χ4v) is 3.24. The molecule has 0 saturated heterocycles. The third-order valence-electron chi connectivity index (χ3n) is 3.44. The van der Waals surface area contributed by atoms with E-state index in [0.717, 1.165) is 15.4 Å². The molecule has 24 heavy (non-hydrogen) atoms. The molecule has 1 aromatic heterocycles. The molecule has 4 nitrogen and oxygen atoms in total. The number of benzene rings is 2. The van der Waals surface area contributed by atoms with Gasteiger partial charge in [-0.15, -0.1) is 0 Å². The molecule has 1 heterocycles. The number of nitriles is 1. The van der Waals surface area contributed by atoms with Crippen LogP contribution in [0.15, 0.2) is 47.1 Å². The van der Waals surface area contributed by atoms with Crippen molar-refractivity contribution in [2.45, 2.75) is 0 Å². The number of anilines is 2. The van der Waals surface area contributed by atoms with Crippen LogP contribution >= 0.6 is 39.1 Å². The lowest BCUT2D eigenvalue weighted by Gasteiger charge is -2.25. The molecule has 3 rings (SSSR count). The molecule has 3 aromatic rings. The van der Waals surface area contributed by atoms with Gasteiger partial charge in [0.25, 0.3) is 0 Å². The van der Waals surface area contributed by atoms with E-state index in [0.29, 0.717) is 27.0 Å². The molecule has 0 radical (unpaired) electrons. The van der Waals surface area contributed by atoms with E-state index in [1.54, 1.807) is 18.2 Å². The molecule has 0 amide bonds. The van der Waals surface area contributed by atoms with E-state index in [-0.39, 0.29) is 0 Å². The molecule has 0 unspecified atom stereocenters. The van der Waals surface area contributed by atoms with Crippen LogP contribution in [0.2, 0.25) is 10.0 Å². The minimum Gasteiger partial charge on any atom is -0.272 e. The molecule has 0 saturated carbocycles. The van der Waals surface area contributed by atoms with E-state index in [2.05, 4.69) is 27.0 Å². The molecule has 0 N–H and O–H groups in total. The van der Waals surface area contributed by atoms with E-state index in [4.69, 9.17) is 28.0 Å². The topological polar surface area (TPSA) is 49.1 Å². The maximum atomic E-state index is 9.50. The minimum atomic E-state index is 0.373. The first-order chi connectivity index (χ1) is 11.5. The Labute approximate surface area is 157 Å². The number of aromatic nitrogens is 1. The van der Waals surface area contributed by atoms with Crippen LogP contribution in [0.5, 0.6) is 0 Å². The summed E-state index contributed by atoms with van der Waals surface area (Å²) in [6.07, 6.45) is 1.51. The van der Waals surface area contributed by atoms with Crippen molar-refractivity contribution in [3.63, 3.8) is 0 Å². The maximum absolute atomic E-state index is 9.50. The van der Waals surface area contributed by atoms with Gasteiger partial charge in [0.15, 0.2) is 0 Å². The Balaban J connectivity index is 2.31. The predicted octanol–water partition coefficient (Wildman–Crippen LogP) is 5.88. The molecule has 0 bridgehead atoms. The quantitative estimate of drug-likeness (QED) is 0.495. The molecular weight excluding hydrogens is 413 g/mol. The second-order valence-corrected chi connectivity index (χ2v) is 6.63. The summed E-state index contributed by atoms with van der Waals surface area (Å²) >= 11 is 15.7. The fraction of sp³-hybridized carbons (Fsp3) is 0.0588. The average molecular weight is 423 g/mol. The Morgan fingerprint density at radius 2 is 2.00 bits per heavy atom. The number of hydrogen-bond donors (Lipinski definition) is 0. The molecule has 0 aliphatic carbocycles. The fourth-order valence-electron chi connectivity index (χ4n) is 2.41. The van der Waals surface area contributed by atoms with Gasteiger partial charge in [-0.3, -0.25) is 9.82 Å². The first-order valence-electron chi connectivity index (χ1n) is 6.83. The highest BCUT2D eigenvalue weighted by Gasteiger charge is 2.20. The van der Waals surface area contributed by atoms with E-state index in [9.17, 15) is 5.26 Å². The smallest absolute Gasteiger partial charge is 0.103 e. The Morgan fingerprint density at radius 1 is 1.21 bits per heavy atom. The lowest BCUT2D eigenvalue weighted by atomic mass is 10.1. The van der Waals surface area contributed by atoms with Gasteiger partial charge in [0.1, 0.15) is 6.07 Å². The second-order valence-electron chi connectivity index (χ2n) is 4.87. The summed E-state index contributed by atoms with van der Waals surface area (Å²) in [7, 11) is 1.51. The lowest BCUT2D eigenvalue weighted by molar-refractivity contribution is 0.202. The van der Waals surface area contributed by atoms with Gasteiger partial charge in [-0.05, 0) is 36.4 Å². The first kappa shape index (κ1) is 17.0. The maximum Gasteiger partial charge on any atom is 0.103 e. The second kappa shape index (κ2) is 6.96. The normalized spacial score (nSPS) is 10.6. The summed E-state index contributed by atoms with van der Waals surface area (Å²) in [6, 6.07) is 12.8. The van der Waals surface area contributed by atoms with E-state index in [1.165, 1.54) is 18.4 Å². The van der Waals surface area contributed by atoms with Crippen molar-refractivity contribution in [2.75, 3.05) is 12.2 Å². The van der Waals surface area contributed by atoms with Crippen LogP contribution in [0.3, 0.4) is 0 Å². The van der Waals surface area contributed by atoms with Crippen LogP contribution in [0.25, 0.3) is 10.9 Å². The largest absolute Gasteiger partial charge is 0.272 e. The van der Waals surface area contributed by atoms with Gasteiger partial charge in [0.05, 0.1) is 34.6 Å². The van der Waals surface area contributed by atoms with Crippen molar-refractivity contribution in [1.29, 1.82) is 5.26 Å². The average Bonchev–Trinajstić information content (AvgIpc) is 2.57. The Kier molecular flexibility index (Phi) is 4.93. The lowest BCUT2D eigenvalue weighted by Crippen LogP contribution is -2.17. The van der Waals surface area contributed by atoms with Crippen LogP contribution in [0.4, 0.5) is 11.4 Å². The third-order valence-corrected chi connectivity index (χ3v) is 4.47. The standard InChI is InChI=1S/C17H10BrCl2N3O/c1-24-23(16-5-3-12(19)7-14(16)20)17-10(8-21)9-22-15-6-11(18)2-4-13(15)17/h2-7,9H,1H3. The summed E-state index contributed by atoms with van der Waals surface area (Å²) in [5.41, 5.74) is 2.25. The Morgan fingerprint density at radius 3 is 2.67 bits per heavy atom. The van der Waals surface area contributed by atoms with Crippen LogP contribution < -0.4 is 5.06 Å². The molecule has 0 aliphatic rings. The monoisotopic (exact) mass is 421 g/mol. The highest BCUT2D eigenvalue weighted by Crippen LogP contribution is 2.39. The van der Waals surface area contributed by atoms with Gasteiger partial charge in [0.2, 0.25) is 0 Å². The predicted molar refractivity (Wildman–Crippen MR) is 99.8 cm³/mol. The first-order valence-corrected chi connectivity index (χ1v) is 8.37. The number of halogens is 3. The van der Waals surface area contributed by atoms with Gasteiger partial charge in [-0.25, -0.2) is 5.06 Å². The summed E-state index contributed by atoms with van der Waals surface area (Å²) < 4.78 is 0.895. The summed E-state index contributed by atoms with van der Waals surface area (Å²) in [5, 5.41) is 12.7. The molecule has 0 aliphatic heterocycles. The third kappa shape index (κ3) is 3.06. The SMILES string of the molecule is CON(c1ccc(Cl)cc1Cl)c1c(C#N)cnc2cc(Br)ccc12. The number of fused-ring (bicyclic) bond motifs is 1. The van der Waals surface area contributed by atoms with Crippen LogP contribution in [-0.2, 0) is 4.84 Å². The van der Waals surface area contributed by atoms with Crippen molar-refractivity contribution in [1.82, 2.24) is 4.98 Å². The van der Waals surface area contributed by atoms with Crippen LogP contribution in [-0.4, -0.2) is 12.1 Å². The number of hydrogen-bond acceptors (Lipinski definition) is 4. The van der Waals surface area contributed by atoms with Gasteiger partial charge < -0.3 is 0 Å². The molecular formula is C17H10BrCl2N3O. The molecule has 0 atom stereocenters. The Bertz CT molecular complexity index is 972. The zero-order valence-corrected chi connectivity index (χ0v) is 15.5. The zero-order chi connectivity index (χ0) is 17.3. The number of rotatable bonds is 3. The van der Waals surface area contributed by atoms with E-state index in [1.807, 2.05) is 18.2 Å². The summed E-state index contributed by atoms with van der Waals surface area (Å²) in [5.74, 6) is 0. The molecule has 2 aromatic carbocycles. The summed E-state index contributed by atoms with van der Waals surface area (Å²) in [6.45, 7) is 0. The number of pyridine rings is 1. The minimum absolute atomic E-state index is 0.373. The van der Waals surface area contributed by atoms with E-state index >= 15 is 0 Å². The Hall–Kier alpha value is -1.84. The van der Waals surface area contributed by atoms with Gasteiger partial charge in [-0.2, -0.15) is 5.26 Å². The molecule has 7 heteroatoms. The zero-order valence-electron chi connectivity index (χ0n) is 12.4. The van der Waals surface area contributed by atoms with Crippen molar-refractivity contribution >= 4 is 61.4 Å². The van der Waals surface area contributed by atoms with Crippen LogP contribution in [0.1, 0.15) is 5.56 Å². The van der Waals surface area contributed by atoms with Gasteiger partial charge in [-0.1, -0.05) is 39.1 Å². The summed E-state index contributed by atoms with van der Waals surface area (Å²) in [4.78, 5) is 9.87. The highest BCUT2D eigenvalue weighted by molar-refractivity contribution is 9.10. The highest BCUT2D eigenvalue weighted by atomic mass is 79.9. The van der Waals surface area contributed by atoms with Gasteiger partial charge in [0, 0.05) is 21.1 Å². The molecule has 0 spiro atoms. The van der Waals surface area contributed by atoms with Crippen molar-refractivity contribution < 1.29 is 4.84 Å². The van der Waals surface area contributed by atoms with Crippen molar-refractivity contribution in [2.24, 2.45) is 0 Å². The molecule has 120 valence electrons. The van der Waals surface area contributed by atoms with Crippen molar-refractivity contribution in [3.8, 4) is 6.07 Å². The van der Waals surface area contributed by atoms with Crippen molar-refractivity contribution in [3.05, 3.63) is 62.7 Å². The van der Waals surface area contributed by atoms with Crippen LogP contribution in [0, 0.1) is 11.3 Å². The van der Waals surface area contributed by atoms with Gasteiger partial charge >= 0.3 is 0 Å². The number of nitrogens with zero attached hydrogens (tertiary/aromatic N) is 3. The molecule has 0 fully saturated rings. The van der Waals surface area contributed by atoms with E-state index < -0.39 is 0 Å².